The fraction of sp³-hybridized carbons (Fsp3) is 0.714. The van der Waals surface area contributed by atoms with E-state index in [4.69, 9.17) is 0 Å². The lowest BCUT2D eigenvalue weighted by Crippen LogP contribution is -2.38. The summed E-state index contributed by atoms with van der Waals surface area (Å²) in [6.45, 7) is 3.66. The zero-order valence-corrected chi connectivity index (χ0v) is 15.5. The lowest BCUT2D eigenvalue weighted by molar-refractivity contribution is -0.225. The molecule has 0 atom stereocenters. The van der Waals surface area contributed by atoms with Crippen molar-refractivity contribution in [2.45, 2.75) is 71.3 Å². The second-order valence-electron chi connectivity index (χ2n) is 8.30. The maximum absolute atomic E-state index is 14.5. The molecule has 2 aliphatic carbocycles. The second-order valence-corrected chi connectivity index (χ2v) is 8.30. The predicted octanol–water partition coefficient (Wildman–Crippen LogP) is 7.37. The minimum Gasteiger partial charge on any atom is -0.429 e. The Bertz CT molecular complexity index is 625. The van der Waals surface area contributed by atoms with E-state index in [9.17, 15) is 17.6 Å². The highest BCUT2D eigenvalue weighted by molar-refractivity contribution is 5.30. The van der Waals surface area contributed by atoms with Crippen LogP contribution in [0.3, 0.4) is 0 Å². The van der Waals surface area contributed by atoms with E-state index in [-0.39, 0.29) is 8.42 Å². The van der Waals surface area contributed by atoms with Crippen LogP contribution in [0, 0.1) is 42.2 Å². The van der Waals surface area contributed by atoms with Crippen LogP contribution in [0.15, 0.2) is 12.1 Å². The van der Waals surface area contributed by atoms with Gasteiger partial charge in [0.25, 0.3) is 0 Å². The van der Waals surface area contributed by atoms with Crippen LogP contribution in [0.2, 0.25) is 0 Å². The van der Waals surface area contributed by atoms with Crippen molar-refractivity contribution in [2.75, 3.05) is 0 Å². The summed E-state index contributed by atoms with van der Waals surface area (Å²) in [5, 5.41) is 0. The first-order chi connectivity index (χ1) is 12.3. The van der Waals surface area contributed by atoms with Gasteiger partial charge >= 0.3 is 6.11 Å². The standard InChI is InChI=1S/C21H28F4O.2H2/c1-13-3-6-15(7-4-13)16-8-10-17(11-9-16)21(24,25)26-18-12-5-14(2)19(22)20(18)23;;/h5,12-13,15-17H,3-4,6-11H2,1-2H3;2*1H. The van der Waals surface area contributed by atoms with Gasteiger partial charge in [0.2, 0.25) is 5.82 Å². The normalized spacial score (nSPS) is 30.2. The molecule has 0 heterocycles. The maximum Gasteiger partial charge on any atom is 0.400 e. The van der Waals surface area contributed by atoms with E-state index in [0.717, 1.165) is 24.8 Å². The van der Waals surface area contributed by atoms with E-state index in [1.54, 1.807) is 0 Å². The molecule has 1 nitrogen and oxygen atoms in total. The largest absolute Gasteiger partial charge is 0.429 e. The van der Waals surface area contributed by atoms with Crippen LogP contribution in [0.1, 0.15) is 66.7 Å². The van der Waals surface area contributed by atoms with Gasteiger partial charge in [0.1, 0.15) is 0 Å². The molecule has 3 rings (SSSR count). The van der Waals surface area contributed by atoms with Gasteiger partial charge in [-0.15, -0.1) is 0 Å². The monoisotopic (exact) mass is 376 g/mol. The molecule has 0 aromatic heterocycles. The van der Waals surface area contributed by atoms with Gasteiger partial charge in [0.15, 0.2) is 11.6 Å². The van der Waals surface area contributed by atoms with Crippen molar-refractivity contribution in [3.63, 3.8) is 0 Å². The molecule has 2 aliphatic rings. The molecule has 0 spiro atoms. The summed E-state index contributed by atoms with van der Waals surface area (Å²) >= 11 is 0. The number of alkyl halides is 2. The summed E-state index contributed by atoms with van der Waals surface area (Å²) in [6.07, 6.45) is 3.70. The summed E-state index contributed by atoms with van der Waals surface area (Å²) in [6, 6.07) is 2.33. The average Bonchev–Trinajstić information content (AvgIpc) is 2.63. The van der Waals surface area contributed by atoms with Gasteiger partial charge in [-0.25, -0.2) is 4.39 Å². The highest BCUT2D eigenvalue weighted by Crippen LogP contribution is 2.45. The van der Waals surface area contributed by atoms with E-state index >= 15 is 0 Å². The van der Waals surface area contributed by atoms with Gasteiger partial charge in [0, 0.05) is 2.85 Å². The number of hydrogen-bond donors (Lipinski definition) is 0. The molecule has 1 aromatic rings. The van der Waals surface area contributed by atoms with Gasteiger partial charge in [-0.05, 0) is 74.8 Å². The molecule has 0 saturated heterocycles. The van der Waals surface area contributed by atoms with Crippen molar-refractivity contribution < 1.29 is 25.2 Å². The Morgan fingerprint density at radius 3 is 2.00 bits per heavy atom. The molecular weight excluding hydrogens is 344 g/mol. The number of hydrogen-bond acceptors (Lipinski definition) is 1. The van der Waals surface area contributed by atoms with Crippen molar-refractivity contribution in [1.82, 2.24) is 0 Å². The van der Waals surface area contributed by atoms with Crippen molar-refractivity contribution in [2.24, 2.45) is 23.7 Å². The van der Waals surface area contributed by atoms with Crippen molar-refractivity contribution in [1.29, 1.82) is 0 Å². The minimum absolute atomic E-state index is 0. The van der Waals surface area contributed by atoms with Crippen LogP contribution in [0.5, 0.6) is 5.75 Å². The molecule has 26 heavy (non-hydrogen) atoms. The highest BCUT2D eigenvalue weighted by Gasteiger charge is 2.45. The predicted molar refractivity (Wildman–Crippen MR) is 97.5 cm³/mol. The van der Waals surface area contributed by atoms with Crippen molar-refractivity contribution >= 4 is 0 Å². The fourth-order valence-corrected chi connectivity index (χ4v) is 4.62. The molecule has 150 valence electrons. The Hall–Kier alpha value is -1.26. The molecule has 0 unspecified atom stereocenters. The number of benzene rings is 1. The Labute approximate surface area is 156 Å². The molecule has 0 aliphatic heterocycles. The van der Waals surface area contributed by atoms with Gasteiger partial charge in [-0.1, -0.05) is 25.8 Å². The quantitative estimate of drug-likeness (QED) is 0.498. The van der Waals surface area contributed by atoms with E-state index in [0.29, 0.717) is 24.7 Å². The second kappa shape index (κ2) is 7.77. The Balaban J connectivity index is 0.00000196. The molecule has 0 radical (unpaired) electrons. The molecule has 0 N–H and O–H groups in total. The lowest BCUT2D eigenvalue weighted by Gasteiger charge is -2.38. The van der Waals surface area contributed by atoms with Crippen LogP contribution in [0.4, 0.5) is 17.6 Å². The third-order valence-corrected chi connectivity index (χ3v) is 6.46. The first kappa shape index (κ1) is 19.5. The molecule has 5 heteroatoms. The Morgan fingerprint density at radius 1 is 0.885 bits per heavy atom. The van der Waals surface area contributed by atoms with Crippen LogP contribution >= 0.6 is 0 Å². The zero-order valence-electron chi connectivity index (χ0n) is 15.5. The van der Waals surface area contributed by atoms with Crippen molar-refractivity contribution in [3.8, 4) is 5.75 Å². The van der Waals surface area contributed by atoms with Gasteiger partial charge in [-0.2, -0.15) is 13.2 Å². The summed E-state index contributed by atoms with van der Waals surface area (Å²) in [4.78, 5) is 0. The molecule has 0 bridgehead atoms. The molecule has 0 amide bonds. The summed E-state index contributed by atoms with van der Waals surface area (Å²) < 4.78 is 61.1. The topological polar surface area (TPSA) is 9.23 Å². The molecule has 2 fully saturated rings. The van der Waals surface area contributed by atoms with Gasteiger partial charge in [-0.3, -0.25) is 0 Å². The molecule has 1 aromatic carbocycles. The fourth-order valence-electron chi connectivity index (χ4n) is 4.62. The summed E-state index contributed by atoms with van der Waals surface area (Å²) in [5.74, 6) is -2.16. The maximum atomic E-state index is 14.5. The van der Waals surface area contributed by atoms with E-state index in [1.165, 1.54) is 38.7 Å². The van der Waals surface area contributed by atoms with Crippen molar-refractivity contribution in [3.05, 3.63) is 29.3 Å². The van der Waals surface area contributed by atoms with E-state index in [1.807, 2.05) is 0 Å². The van der Waals surface area contributed by atoms with Gasteiger partial charge < -0.3 is 4.74 Å². The third-order valence-electron chi connectivity index (χ3n) is 6.46. The van der Waals surface area contributed by atoms with Crippen LogP contribution in [-0.2, 0) is 0 Å². The minimum atomic E-state index is -3.48. The Morgan fingerprint density at radius 2 is 1.42 bits per heavy atom. The number of ether oxygens (including phenoxy) is 1. The smallest absolute Gasteiger partial charge is 0.400 e. The number of rotatable bonds is 4. The first-order valence-corrected chi connectivity index (χ1v) is 9.79. The first-order valence-electron chi connectivity index (χ1n) is 9.79. The zero-order chi connectivity index (χ0) is 18.9. The van der Waals surface area contributed by atoms with Gasteiger partial charge in [0.05, 0.1) is 5.92 Å². The molecular formula is C21H32F4O. The number of halogens is 4. The lowest BCUT2D eigenvalue weighted by atomic mass is 9.69. The third kappa shape index (κ3) is 4.17. The van der Waals surface area contributed by atoms with E-state index in [2.05, 4.69) is 11.7 Å². The summed E-state index contributed by atoms with van der Waals surface area (Å²) in [5.41, 5.74) is 0.0699. The van der Waals surface area contributed by atoms with E-state index < -0.39 is 29.4 Å². The molecule has 2 saturated carbocycles. The van der Waals surface area contributed by atoms with Crippen LogP contribution < -0.4 is 4.74 Å². The highest BCUT2D eigenvalue weighted by atomic mass is 19.3. The van der Waals surface area contributed by atoms with Crippen LogP contribution in [-0.4, -0.2) is 6.11 Å². The average molecular weight is 376 g/mol. The Kier molecular flexibility index (Phi) is 5.83. The summed E-state index contributed by atoms with van der Waals surface area (Å²) in [7, 11) is 0. The SMILES string of the molecule is Cc1ccc(OC(F)(F)C2CCC(C3CCC(C)CC3)CC2)c(F)c1F.[HH].[HH]. The van der Waals surface area contributed by atoms with Crippen LogP contribution in [0.25, 0.3) is 0 Å². The number of aryl methyl sites for hydroxylation is 1.